The molecule has 1 heterocycles. The van der Waals surface area contributed by atoms with E-state index in [9.17, 15) is 0 Å². The normalized spacial score (nSPS) is 10.6. The van der Waals surface area contributed by atoms with Gasteiger partial charge in [-0.15, -0.1) is 0 Å². The van der Waals surface area contributed by atoms with E-state index in [1.165, 1.54) is 11.1 Å². The van der Waals surface area contributed by atoms with Gasteiger partial charge in [0, 0.05) is 0 Å². The largest absolute Gasteiger partial charge is 0.493 e. The zero-order valence-corrected chi connectivity index (χ0v) is 11.7. The van der Waals surface area contributed by atoms with Gasteiger partial charge in [0.1, 0.15) is 0 Å². The number of benzene rings is 2. The van der Waals surface area contributed by atoms with Gasteiger partial charge in [-0.2, -0.15) is 11.3 Å². The Balaban J connectivity index is 2.17. The number of fused-ring (bicyclic) bond motifs is 1. The highest BCUT2D eigenvalue weighted by molar-refractivity contribution is 7.08. The van der Waals surface area contributed by atoms with E-state index < -0.39 is 0 Å². The second-order valence-corrected chi connectivity index (χ2v) is 5.06. The quantitative estimate of drug-likeness (QED) is 0.693. The molecule has 0 radical (unpaired) electrons. The summed E-state index contributed by atoms with van der Waals surface area (Å²) >= 11 is 1.71. The molecule has 2 aromatic carbocycles. The average Bonchev–Trinajstić information content (AvgIpc) is 2.99. The van der Waals surface area contributed by atoms with E-state index in [0.29, 0.717) is 0 Å². The smallest absolute Gasteiger partial charge is 0.161 e. The Bertz CT molecular complexity index is 702. The Morgan fingerprint density at radius 3 is 2.16 bits per heavy atom. The Labute approximate surface area is 116 Å². The zero-order valence-electron chi connectivity index (χ0n) is 10.8. The lowest BCUT2D eigenvalue weighted by Gasteiger charge is -2.10. The van der Waals surface area contributed by atoms with Crippen LogP contribution in [0.25, 0.3) is 21.9 Å². The van der Waals surface area contributed by atoms with E-state index in [-0.39, 0.29) is 0 Å². The monoisotopic (exact) mass is 270 g/mol. The third-order valence-corrected chi connectivity index (χ3v) is 3.88. The van der Waals surface area contributed by atoms with Crippen molar-refractivity contribution in [3.8, 4) is 22.6 Å². The van der Waals surface area contributed by atoms with E-state index >= 15 is 0 Å². The minimum absolute atomic E-state index is 0.762. The summed E-state index contributed by atoms with van der Waals surface area (Å²) in [5.41, 5.74) is 2.47. The minimum Gasteiger partial charge on any atom is -0.493 e. The van der Waals surface area contributed by atoms with Crippen molar-refractivity contribution in [3.63, 3.8) is 0 Å². The number of methoxy groups -OCH3 is 2. The summed E-state index contributed by atoms with van der Waals surface area (Å²) in [5, 5.41) is 6.55. The molecule has 0 aliphatic heterocycles. The predicted molar refractivity (Wildman–Crippen MR) is 80.4 cm³/mol. The lowest BCUT2D eigenvalue weighted by atomic mass is 10.0. The summed E-state index contributed by atoms with van der Waals surface area (Å²) in [5.74, 6) is 1.52. The van der Waals surface area contributed by atoms with Crippen LogP contribution in [-0.2, 0) is 0 Å². The third kappa shape index (κ3) is 2.17. The van der Waals surface area contributed by atoms with Crippen LogP contribution >= 0.6 is 11.3 Å². The van der Waals surface area contributed by atoms with Gasteiger partial charge in [-0.25, -0.2) is 0 Å². The lowest BCUT2D eigenvalue weighted by Crippen LogP contribution is -1.90. The van der Waals surface area contributed by atoms with Crippen molar-refractivity contribution < 1.29 is 9.47 Å². The van der Waals surface area contributed by atoms with Gasteiger partial charge in [0.25, 0.3) is 0 Å². The van der Waals surface area contributed by atoms with Gasteiger partial charge in [-0.05, 0) is 56.9 Å². The number of hydrogen-bond donors (Lipinski definition) is 0. The van der Waals surface area contributed by atoms with Crippen molar-refractivity contribution in [2.45, 2.75) is 0 Å². The van der Waals surface area contributed by atoms with Crippen LogP contribution in [0.1, 0.15) is 0 Å². The van der Waals surface area contributed by atoms with Gasteiger partial charge in [-0.1, -0.05) is 12.1 Å². The van der Waals surface area contributed by atoms with E-state index in [1.54, 1.807) is 25.6 Å². The first-order valence-electron chi connectivity index (χ1n) is 6.00. The molecule has 0 saturated heterocycles. The molecule has 3 rings (SSSR count). The molecule has 3 aromatic rings. The first-order valence-corrected chi connectivity index (χ1v) is 6.94. The van der Waals surface area contributed by atoms with Crippen LogP contribution in [0.2, 0.25) is 0 Å². The molecule has 0 bridgehead atoms. The molecule has 0 atom stereocenters. The van der Waals surface area contributed by atoms with Crippen molar-refractivity contribution in [2.24, 2.45) is 0 Å². The van der Waals surface area contributed by atoms with Crippen LogP contribution in [0, 0.1) is 0 Å². The van der Waals surface area contributed by atoms with E-state index in [1.807, 2.05) is 12.1 Å². The molecular weight excluding hydrogens is 256 g/mol. The first kappa shape index (κ1) is 12.1. The van der Waals surface area contributed by atoms with Gasteiger partial charge < -0.3 is 9.47 Å². The molecule has 0 unspecified atom stereocenters. The highest BCUT2D eigenvalue weighted by Gasteiger charge is 2.07. The Morgan fingerprint density at radius 1 is 0.789 bits per heavy atom. The van der Waals surface area contributed by atoms with Crippen LogP contribution in [0.4, 0.5) is 0 Å². The molecule has 0 aliphatic carbocycles. The first-order chi connectivity index (χ1) is 9.31. The van der Waals surface area contributed by atoms with Crippen LogP contribution in [0.5, 0.6) is 11.5 Å². The predicted octanol–water partition coefficient (Wildman–Crippen LogP) is 4.59. The van der Waals surface area contributed by atoms with E-state index in [2.05, 4.69) is 35.0 Å². The van der Waals surface area contributed by atoms with Gasteiger partial charge in [0.15, 0.2) is 11.5 Å². The summed E-state index contributed by atoms with van der Waals surface area (Å²) in [4.78, 5) is 0. The topological polar surface area (TPSA) is 18.5 Å². The van der Waals surface area contributed by atoms with Crippen molar-refractivity contribution in [1.82, 2.24) is 0 Å². The zero-order chi connectivity index (χ0) is 13.2. The maximum absolute atomic E-state index is 5.35. The van der Waals surface area contributed by atoms with Crippen LogP contribution < -0.4 is 9.47 Å². The fourth-order valence-electron chi connectivity index (χ4n) is 2.18. The summed E-state index contributed by atoms with van der Waals surface area (Å²) in [7, 11) is 3.32. The molecule has 19 heavy (non-hydrogen) atoms. The number of thiophene rings is 1. The number of ether oxygens (including phenoxy) is 2. The van der Waals surface area contributed by atoms with Crippen molar-refractivity contribution in [2.75, 3.05) is 14.2 Å². The Morgan fingerprint density at radius 2 is 1.53 bits per heavy atom. The van der Waals surface area contributed by atoms with Crippen molar-refractivity contribution >= 4 is 22.1 Å². The Hall–Kier alpha value is -2.00. The van der Waals surface area contributed by atoms with Gasteiger partial charge in [0.2, 0.25) is 0 Å². The molecule has 96 valence electrons. The highest BCUT2D eigenvalue weighted by atomic mass is 32.1. The van der Waals surface area contributed by atoms with Crippen molar-refractivity contribution in [1.29, 1.82) is 0 Å². The fraction of sp³-hybridized carbons (Fsp3) is 0.125. The molecule has 0 N–H and O–H groups in total. The van der Waals surface area contributed by atoms with Crippen LogP contribution in [-0.4, -0.2) is 14.2 Å². The summed E-state index contributed by atoms with van der Waals surface area (Å²) in [6.07, 6.45) is 0. The maximum atomic E-state index is 5.35. The molecular formula is C16H14O2S. The maximum Gasteiger partial charge on any atom is 0.161 e. The van der Waals surface area contributed by atoms with Gasteiger partial charge in [0.05, 0.1) is 14.2 Å². The molecule has 0 spiro atoms. The molecule has 0 amide bonds. The van der Waals surface area contributed by atoms with E-state index in [0.717, 1.165) is 22.3 Å². The summed E-state index contributed by atoms with van der Waals surface area (Å²) in [6.45, 7) is 0. The molecule has 0 fully saturated rings. The standard InChI is InChI=1S/C16H14O2S/c1-17-15-8-12-4-3-11(13-5-6-19-10-13)7-14(12)9-16(15)18-2/h3-10H,1-2H3. The molecule has 0 saturated carbocycles. The molecule has 1 aromatic heterocycles. The minimum atomic E-state index is 0.762. The van der Waals surface area contributed by atoms with Crippen LogP contribution in [0.3, 0.4) is 0 Å². The second kappa shape index (κ2) is 4.94. The fourth-order valence-corrected chi connectivity index (χ4v) is 2.85. The third-order valence-electron chi connectivity index (χ3n) is 3.20. The van der Waals surface area contributed by atoms with Crippen LogP contribution in [0.15, 0.2) is 47.2 Å². The Kier molecular flexibility index (Phi) is 3.13. The van der Waals surface area contributed by atoms with Crippen molar-refractivity contribution in [3.05, 3.63) is 47.2 Å². The molecule has 0 aliphatic rings. The summed E-state index contributed by atoms with van der Waals surface area (Å²) in [6, 6.07) is 12.6. The number of rotatable bonds is 3. The second-order valence-electron chi connectivity index (χ2n) is 4.28. The summed E-state index contributed by atoms with van der Waals surface area (Å²) < 4.78 is 10.7. The lowest BCUT2D eigenvalue weighted by molar-refractivity contribution is 0.356. The molecule has 3 heteroatoms. The van der Waals surface area contributed by atoms with Gasteiger partial charge >= 0.3 is 0 Å². The highest BCUT2D eigenvalue weighted by Crippen LogP contribution is 2.34. The average molecular weight is 270 g/mol. The molecule has 2 nitrogen and oxygen atoms in total. The van der Waals surface area contributed by atoms with E-state index in [4.69, 9.17) is 9.47 Å². The number of hydrogen-bond acceptors (Lipinski definition) is 3. The SMILES string of the molecule is COc1cc2ccc(-c3ccsc3)cc2cc1OC. The van der Waals surface area contributed by atoms with Gasteiger partial charge in [-0.3, -0.25) is 0 Å².